The first kappa shape index (κ1) is 31.2. The Morgan fingerprint density at radius 2 is 0.607 bits per heavy atom. The summed E-state index contributed by atoms with van der Waals surface area (Å²) in [7, 11) is 16.4. The first-order chi connectivity index (χ1) is 13.2. The van der Waals surface area contributed by atoms with Crippen LogP contribution in [0.5, 0.6) is 0 Å². The second-order valence-electron chi connectivity index (χ2n) is 6.95. The van der Waals surface area contributed by atoms with E-state index >= 15 is 0 Å². The molecule has 4 nitrogen and oxygen atoms in total. The minimum atomic E-state index is 1.03. The first-order valence-electron chi connectivity index (χ1n) is 10.2. The molecule has 0 N–H and O–H groups in total. The van der Waals surface area contributed by atoms with Crippen LogP contribution in [0, 0.1) is 0 Å². The van der Waals surface area contributed by atoms with Crippen LogP contribution in [0.25, 0.3) is 10.8 Å². The number of hydrogen-bond acceptors (Lipinski definition) is 4. The minimum absolute atomic E-state index is 1.03. The average molecular weight is 393 g/mol. The normalized spacial score (nSPS) is 9.57. The SMILES string of the molecule is CC.CC.CN(C)CN(C)C.CN(C)CN(C)C.c1ccc2ccccc2c1. The molecule has 0 heterocycles. The molecular formula is C24H48N4. The first-order valence-corrected chi connectivity index (χ1v) is 10.2. The number of nitrogens with zero attached hydrogens (tertiary/aromatic N) is 4. The molecule has 0 amide bonds. The molecule has 0 aliphatic carbocycles. The molecule has 0 bridgehead atoms. The molecule has 2 rings (SSSR count). The maximum Gasteiger partial charge on any atom is 0.0495 e. The summed E-state index contributed by atoms with van der Waals surface area (Å²) in [6, 6.07) is 16.7. The van der Waals surface area contributed by atoms with Crippen LogP contribution >= 0.6 is 0 Å². The van der Waals surface area contributed by atoms with E-state index in [2.05, 4.69) is 125 Å². The van der Waals surface area contributed by atoms with Crippen LogP contribution < -0.4 is 0 Å². The van der Waals surface area contributed by atoms with E-state index in [4.69, 9.17) is 0 Å². The minimum Gasteiger partial charge on any atom is -0.297 e. The van der Waals surface area contributed by atoms with Crippen molar-refractivity contribution < 1.29 is 0 Å². The van der Waals surface area contributed by atoms with Crippen molar-refractivity contribution in [2.24, 2.45) is 0 Å². The molecule has 0 saturated carbocycles. The lowest BCUT2D eigenvalue weighted by molar-refractivity contribution is 0.245. The van der Waals surface area contributed by atoms with Crippen molar-refractivity contribution >= 4 is 10.8 Å². The van der Waals surface area contributed by atoms with Gasteiger partial charge in [-0.3, -0.25) is 19.6 Å². The zero-order chi connectivity index (χ0) is 22.5. The van der Waals surface area contributed by atoms with Gasteiger partial charge in [-0.15, -0.1) is 0 Å². The van der Waals surface area contributed by atoms with Crippen LogP contribution in [0.3, 0.4) is 0 Å². The highest BCUT2D eigenvalue weighted by Gasteiger charge is 1.88. The standard InChI is InChI=1S/C10H8.2C5H14N2.2C2H6/c1-2-6-10-8-4-3-7-9(10)5-1;2*1-6(2)5-7(3)4;2*1-2/h1-8H;2*5H2,1-4H3;2*1-2H3. The molecule has 0 aromatic heterocycles. The Morgan fingerprint density at radius 1 is 0.429 bits per heavy atom. The zero-order valence-electron chi connectivity index (χ0n) is 20.8. The van der Waals surface area contributed by atoms with Crippen molar-refractivity contribution in [2.75, 3.05) is 69.7 Å². The van der Waals surface area contributed by atoms with Crippen molar-refractivity contribution in [3.63, 3.8) is 0 Å². The Hall–Kier alpha value is -1.46. The van der Waals surface area contributed by atoms with Crippen LogP contribution in [-0.2, 0) is 0 Å². The fourth-order valence-electron chi connectivity index (χ4n) is 2.26. The molecule has 2 aromatic rings. The molecule has 0 radical (unpaired) electrons. The van der Waals surface area contributed by atoms with Crippen LogP contribution in [0.4, 0.5) is 0 Å². The van der Waals surface area contributed by atoms with Gasteiger partial charge in [0.15, 0.2) is 0 Å². The van der Waals surface area contributed by atoms with Gasteiger partial charge in [0.1, 0.15) is 0 Å². The summed E-state index contributed by atoms with van der Waals surface area (Å²) in [5, 5.41) is 2.62. The van der Waals surface area contributed by atoms with Crippen molar-refractivity contribution in [3.05, 3.63) is 48.5 Å². The molecule has 0 saturated heterocycles. The van der Waals surface area contributed by atoms with Gasteiger partial charge in [0.05, 0.1) is 0 Å². The Labute approximate surface area is 176 Å². The highest BCUT2D eigenvalue weighted by molar-refractivity contribution is 5.81. The van der Waals surface area contributed by atoms with Crippen molar-refractivity contribution in [3.8, 4) is 0 Å². The molecule has 0 aliphatic rings. The predicted octanol–water partition coefficient (Wildman–Crippen LogP) is 5.03. The Morgan fingerprint density at radius 3 is 0.714 bits per heavy atom. The van der Waals surface area contributed by atoms with Crippen molar-refractivity contribution in [1.29, 1.82) is 0 Å². The quantitative estimate of drug-likeness (QED) is 0.677. The maximum atomic E-state index is 2.12. The smallest absolute Gasteiger partial charge is 0.0495 e. The molecule has 0 aliphatic heterocycles. The molecular weight excluding hydrogens is 344 g/mol. The zero-order valence-corrected chi connectivity index (χ0v) is 20.8. The highest BCUT2D eigenvalue weighted by atomic mass is 15.3. The lowest BCUT2D eigenvalue weighted by Crippen LogP contribution is -2.26. The fraction of sp³-hybridized carbons (Fsp3) is 0.583. The topological polar surface area (TPSA) is 13.0 Å². The molecule has 4 heteroatoms. The van der Waals surface area contributed by atoms with Crippen LogP contribution in [-0.4, -0.2) is 89.3 Å². The Bertz CT molecular complexity index is 445. The predicted molar refractivity (Wildman–Crippen MR) is 131 cm³/mol. The third-order valence-electron chi connectivity index (χ3n) is 2.79. The molecule has 0 atom stereocenters. The molecule has 164 valence electrons. The average Bonchev–Trinajstić information content (AvgIpc) is 2.64. The van der Waals surface area contributed by atoms with Gasteiger partial charge < -0.3 is 0 Å². The van der Waals surface area contributed by atoms with Crippen LogP contribution in [0.2, 0.25) is 0 Å². The van der Waals surface area contributed by atoms with Gasteiger partial charge in [-0.2, -0.15) is 0 Å². The van der Waals surface area contributed by atoms with Gasteiger partial charge in [0, 0.05) is 13.3 Å². The largest absolute Gasteiger partial charge is 0.297 e. The summed E-state index contributed by atoms with van der Waals surface area (Å²) in [6.45, 7) is 10.1. The van der Waals surface area contributed by atoms with E-state index in [1.165, 1.54) is 10.8 Å². The summed E-state index contributed by atoms with van der Waals surface area (Å²) in [5.41, 5.74) is 0. The van der Waals surface area contributed by atoms with Gasteiger partial charge in [0.2, 0.25) is 0 Å². The molecule has 0 spiro atoms. The van der Waals surface area contributed by atoms with E-state index in [1.807, 2.05) is 27.7 Å². The van der Waals surface area contributed by atoms with Gasteiger partial charge in [-0.05, 0) is 67.2 Å². The van der Waals surface area contributed by atoms with E-state index < -0.39 is 0 Å². The summed E-state index contributed by atoms with van der Waals surface area (Å²) in [4.78, 5) is 8.50. The van der Waals surface area contributed by atoms with E-state index in [1.54, 1.807) is 0 Å². The number of rotatable bonds is 4. The number of fused-ring (bicyclic) bond motifs is 1. The van der Waals surface area contributed by atoms with Gasteiger partial charge >= 0.3 is 0 Å². The second-order valence-corrected chi connectivity index (χ2v) is 6.95. The summed E-state index contributed by atoms with van der Waals surface area (Å²) >= 11 is 0. The van der Waals surface area contributed by atoms with E-state index in [0.29, 0.717) is 0 Å². The van der Waals surface area contributed by atoms with Crippen LogP contribution in [0.1, 0.15) is 27.7 Å². The van der Waals surface area contributed by atoms with E-state index in [9.17, 15) is 0 Å². The third-order valence-corrected chi connectivity index (χ3v) is 2.79. The third kappa shape index (κ3) is 22.6. The van der Waals surface area contributed by atoms with Gasteiger partial charge in [-0.25, -0.2) is 0 Å². The summed E-state index contributed by atoms with van der Waals surface area (Å²) < 4.78 is 0. The van der Waals surface area contributed by atoms with E-state index in [-0.39, 0.29) is 0 Å². The lowest BCUT2D eigenvalue weighted by atomic mass is 10.1. The monoisotopic (exact) mass is 392 g/mol. The van der Waals surface area contributed by atoms with Gasteiger partial charge in [0.25, 0.3) is 0 Å². The van der Waals surface area contributed by atoms with Crippen molar-refractivity contribution in [1.82, 2.24) is 19.6 Å². The fourth-order valence-corrected chi connectivity index (χ4v) is 2.26. The van der Waals surface area contributed by atoms with Gasteiger partial charge in [-0.1, -0.05) is 76.2 Å². The number of hydrogen-bond donors (Lipinski definition) is 0. The second kappa shape index (κ2) is 21.8. The Kier molecular flexibility index (Phi) is 24.4. The lowest BCUT2D eigenvalue weighted by Gasteiger charge is -2.14. The maximum absolute atomic E-state index is 2.12. The highest BCUT2D eigenvalue weighted by Crippen LogP contribution is 2.11. The van der Waals surface area contributed by atoms with Crippen LogP contribution in [0.15, 0.2) is 48.5 Å². The molecule has 0 fully saturated rings. The molecule has 2 aromatic carbocycles. The summed E-state index contributed by atoms with van der Waals surface area (Å²) in [6.07, 6.45) is 0. The summed E-state index contributed by atoms with van der Waals surface area (Å²) in [5.74, 6) is 0. The molecule has 28 heavy (non-hydrogen) atoms. The Balaban J connectivity index is -0.000000315. The number of benzene rings is 2. The van der Waals surface area contributed by atoms with E-state index in [0.717, 1.165) is 13.3 Å². The van der Waals surface area contributed by atoms with Crippen molar-refractivity contribution in [2.45, 2.75) is 27.7 Å². The molecule has 0 unspecified atom stereocenters.